The molecule has 1 unspecified atom stereocenters. The van der Waals surface area contributed by atoms with E-state index in [2.05, 4.69) is 24.1 Å². The van der Waals surface area contributed by atoms with Crippen LogP contribution in [0.5, 0.6) is 5.75 Å². The van der Waals surface area contributed by atoms with Crippen molar-refractivity contribution < 1.29 is 14.6 Å². The van der Waals surface area contributed by atoms with E-state index in [4.69, 9.17) is 4.74 Å². The number of benzene rings is 2. The molecule has 1 saturated heterocycles. The van der Waals surface area contributed by atoms with Gasteiger partial charge in [-0.05, 0) is 62.7 Å². The number of likely N-dealkylation sites (tertiary alicyclic amines) is 1. The Morgan fingerprint density at radius 3 is 2.70 bits per heavy atom. The smallest absolute Gasteiger partial charge is 0.253 e. The third kappa shape index (κ3) is 3.72. The zero-order valence-corrected chi connectivity index (χ0v) is 18.1. The van der Waals surface area contributed by atoms with Crippen molar-refractivity contribution in [3.8, 4) is 5.75 Å². The molecule has 1 heterocycles. The van der Waals surface area contributed by atoms with Crippen LogP contribution >= 0.6 is 0 Å². The van der Waals surface area contributed by atoms with E-state index in [1.807, 2.05) is 54.4 Å². The molecule has 160 valence electrons. The lowest BCUT2D eigenvalue weighted by molar-refractivity contribution is -0.0566. The number of nitrogens with zero attached hydrogens (tertiary/aromatic N) is 2. The van der Waals surface area contributed by atoms with Crippen molar-refractivity contribution >= 4 is 5.91 Å². The Morgan fingerprint density at radius 2 is 1.97 bits per heavy atom. The number of hydrogen-bond acceptors (Lipinski definition) is 4. The molecule has 1 aliphatic carbocycles. The molecular weight excluding hydrogens is 376 g/mol. The number of hydrogen-bond donors (Lipinski definition) is 1. The van der Waals surface area contributed by atoms with E-state index in [1.54, 1.807) is 7.11 Å². The maximum Gasteiger partial charge on any atom is 0.253 e. The van der Waals surface area contributed by atoms with Gasteiger partial charge in [-0.25, -0.2) is 0 Å². The van der Waals surface area contributed by atoms with Gasteiger partial charge < -0.3 is 19.6 Å². The number of rotatable bonds is 4. The van der Waals surface area contributed by atoms with Crippen LogP contribution < -0.4 is 4.74 Å². The molecule has 0 bridgehead atoms. The number of ether oxygens (including phenoxy) is 1. The number of methoxy groups -OCH3 is 1. The number of fused-ring (bicyclic) bond motifs is 1. The van der Waals surface area contributed by atoms with Gasteiger partial charge in [0.15, 0.2) is 0 Å². The molecular formula is C25H32N2O3. The minimum Gasteiger partial charge on any atom is -0.497 e. The molecule has 2 aromatic carbocycles. The summed E-state index contributed by atoms with van der Waals surface area (Å²) >= 11 is 0. The van der Waals surface area contributed by atoms with E-state index in [9.17, 15) is 9.90 Å². The van der Waals surface area contributed by atoms with Crippen LogP contribution in [0.2, 0.25) is 0 Å². The first kappa shape index (κ1) is 20.9. The molecule has 2 aromatic rings. The fourth-order valence-electron chi connectivity index (χ4n) is 5.52. The van der Waals surface area contributed by atoms with Crippen molar-refractivity contribution in [3.63, 3.8) is 0 Å². The lowest BCUT2D eigenvalue weighted by Gasteiger charge is -2.55. The van der Waals surface area contributed by atoms with Crippen LogP contribution in [0.3, 0.4) is 0 Å². The first-order chi connectivity index (χ1) is 14.4. The number of carbonyl (C=O) groups is 1. The van der Waals surface area contributed by atoms with E-state index in [1.165, 1.54) is 5.56 Å². The largest absolute Gasteiger partial charge is 0.497 e. The predicted octanol–water partition coefficient (Wildman–Crippen LogP) is 3.18. The average Bonchev–Trinajstić information content (AvgIpc) is 2.79. The Labute approximate surface area is 179 Å². The standard InChI is InChI=1S/C25H32N2O3/c1-26-13-12-25(19-10-7-11-21(14-19)30-3)16-20(15-23(28)22(25)17-26)27(2)24(29)18-8-5-4-6-9-18/h4-11,14,20,22-23,28H,12-13,15-17H2,1-3H3/t20-,22+,23?,25+/m1/s1. The van der Waals surface area contributed by atoms with Crippen molar-refractivity contribution in [3.05, 3.63) is 65.7 Å². The van der Waals surface area contributed by atoms with Crippen LogP contribution in [0, 0.1) is 5.92 Å². The van der Waals surface area contributed by atoms with Crippen LogP contribution in [-0.2, 0) is 5.41 Å². The van der Waals surface area contributed by atoms with Gasteiger partial charge in [-0.15, -0.1) is 0 Å². The summed E-state index contributed by atoms with van der Waals surface area (Å²) in [6, 6.07) is 17.7. The first-order valence-corrected chi connectivity index (χ1v) is 10.8. The highest BCUT2D eigenvalue weighted by molar-refractivity contribution is 5.94. The maximum atomic E-state index is 13.1. The van der Waals surface area contributed by atoms with Crippen LogP contribution in [-0.4, -0.2) is 67.3 Å². The van der Waals surface area contributed by atoms with Gasteiger partial charge in [0.25, 0.3) is 5.91 Å². The summed E-state index contributed by atoms with van der Waals surface area (Å²) in [6.07, 6.45) is 1.97. The molecule has 4 rings (SSSR count). The van der Waals surface area contributed by atoms with Gasteiger partial charge in [-0.1, -0.05) is 30.3 Å². The highest BCUT2D eigenvalue weighted by Crippen LogP contribution is 2.50. The van der Waals surface area contributed by atoms with Gasteiger partial charge in [0.1, 0.15) is 5.75 Å². The van der Waals surface area contributed by atoms with Crippen molar-refractivity contribution in [1.82, 2.24) is 9.80 Å². The van der Waals surface area contributed by atoms with Crippen molar-refractivity contribution in [2.75, 3.05) is 34.3 Å². The lowest BCUT2D eigenvalue weighted by Crippen LogP contribution is -2.60. The summed E-state index contributed by atoms with van der Waals surface area (Å²) < 4.78 is 5.50. The van der Waals surface area contributed by atoms with E-state index in [-0.39, 0.29) is 23.3 Å². The normalized spacial score (nSPS) is 29.1. The number of aliphatic hydroxyl groups excluding tert-OH is 1. The third-order valence-corrected chi connectivity index (χ3v) is 7.27. The molecule has 1 N–H and O–H groups in total. The molecule has 5 heteroatoms. The molecule has 4 atom stereocenters. The summed E-state index contributed by atoms with van der Waals surface area (Å²) in [6.45, 7) is 1.84. The zero-order chi connectivity index (χ0) is 21.3. The Kier molecular flexibility index (Phi) is 5.85. The van der Waals surface area contributed by atoms with Crippen molar-refractivity contribution in [2.45, 2.75) is 36.8 Å². The molecule has 0 radical (unpaired) electrons. The van der Waals surface area contributed by atoms with Crippen LogP contribution in [0.1, 0.15) is 35.2 Å². The zero-order valence-electron chi connectivity index (χ0n) is 18.1. The van der Waals surface area contributed by atoms with Gasteiger partial charge >= 0.3 is 0 Å². The number of piperidine rings is 1. The summed E-state index contributed by atoms with van der Waals surface area (Å²) in [5.41, 5.74) is 1.73. The van der Waals surface area contributed by atoms with Crippen LogP contribution in [0.15, 0.2) is 54.6 Å². The Morgan fingerprint density at radius 1 is 1.20 bits per heavy atom. The minimum absolute atomic E-state index is 0.0139. The molecule has 30 heavy (non-hydrogen) atoms. The van der Waals surface area contributed by atoms with Gasteiger partial charge in [0, 0.05) is 36.5 Å². The minimum atomic E-state index is -0.455. The van der Waals surface area contributed by atoms with Gasteiger partial charge in [0.2, 0.25) is 0 Å². The second kappa shape index (κ2) is 8.40. The fourth-order valence-corrected chi connectivity index (χ4v) is 5.52. The van der Waals surface area contributed by atoms with Crippen molar-refractivity contribution in [1.29, 1.82) is 0 Å². The molecule has 2 fully saturated rings. The fraction of sp³-hybridized carbons (Fsp3) is 0.480. The van der Waals surface area contributed by atoms with Gasteiger partial charge in [0.05, 0.1) is 13.2 Å². The second-order valence-electron chi connectivity index (χ2n) is 8.95. The Bertz CT molecular complexity index is 887. The summed E-state index contributed by atoms with van der Waals surface area (Å²) in [4.78, 5) is 17.3. The van der Waals surface area contributed by atoms with Crippen LogP contribution in [0.25, 0.3) is 0 Å². The highest BCUT2D eigenvalue weighted by atomic mass is 16.5. The number of aliphatic hydroxyl groups is 1. The summed E-state index contributed by atoms with van der Waals surface area (Å²) in [7, 11) is 5.69. The average molecular weight is 409 g/mol. The monoisotopic (exact) mass is 408 g/mol. The highest BCUT2D eigenvalue weighted by Gasteiger charge is 2.52. The predicted molar refractivity (Wildman–Crippen MR) is 118 cm³/mol. The molecule has 0 aromatic heterocycles. The molecule has 1 saturated carbocycles. The lowest BCUT2D eigenvalue weighted by atomic mass is 9.57. The van der Waals surface area contributed by atoms with E-state index in [0.29, 0.717) is 12.0 Å². The maximum absolute atomic E-state index is 13.1. The van der Waals surface area contributed by atoms with Gasteiger partial charge in [-0.3, -0.25) is 4.79 Å². The summed E-state index contributed by atoms with van der Waals surface area (Å²) in [5, 5.41) is 11.3. The Hall–Kier alpha value is -2.37. The quantitative estimate of drug-likeness (QED) is 0.844. The van der Waals surface area contributed by atoms with E-state index < -0.39 is 6.10 Å². The molecule has 1 aliphatic heterocycles. The molecule has 5 nitrogen and oxygen atoms in total. The summed E-state index contributed by atoms with van der Waals surface area (Å²) in [5.74, 6) is 0.990. The third-order valence-electron chi connectivity index (χ3n) is 7.27. The molecule has 2 aliphatic rings. The second-order valence-corrected chi connectivity index (χ2v) is 8.95. The topological polar surface area (TPSA) is 53.0 Å². The Balaban J connectivity index is 1.69. The first-order valence-electron chi connectivity index (χ1n) is 10.8. The van der Waals surface area contributed by atoms with Crippen molar-refractivity contribution in [2.24, 2.45) is 5.92 Å². The number of amides is 1. The van der Waals surface area contributed by atoms with E-state index in [0.717, 1.165) is 31.7 Å². The molecule has 0 spiro atoms. The van der Waals surface area contributed by atoms with Crippen LogP contribution in [0.4, 0.5) is 0 Å². The van der Waals surface area contributed by atoms with E-state index >= 15 is 0 Å². The molecule has 1 amide bonds. The number of carbonyl (C=O) groups excluding carboxylic acids is 1. The SMILES string of the molecule is COc1cccc([C@@]23CCN(C)C[C@H]2C(O)C[C@@H](N(C)C(=O)c2ccccc2)C3)c1. The van der Waals surface area contributed by atoms with Gasteiger partial charge in [-0.2, -0.15) is 0 Å².